The average Bonchev–Trinajstić information content (AvgIpc) is 3.11. The van der Waals surface area contributed by atoms with Crippen molar-refractivity contribution in [2.24, 2.45) is 0 Å². The molecule has 0 radical (unpaired) electrons. The topological polar surface area (TPSA) is 103 Å². The second-order valence-electron chi connectivity index (χ2n) is 8.53. The lowest BCUT2D eigenvalue weighted by Crippen LogP contribution is -2.49. The Labute approximate surface area is 198 Å². The largest absolute Gasteiger partial charge is 0.355 e. The van der Waals surface area contributed by atoms with E-state index in [1.54, 1.807) is 25.2 Å². The third-order valence-electron chi connectivity index (χ3n) is 6.75. The lowest BCUT2D eigenvalue weighted by Gasteiger charge is -2.38. The smallest absolute Gasteiger partial charge is 0.251 e. The molecule has 2 aliphatic rings. The number of piperidine rings is 1. The number of anilines is 4. The van der Waals surface area contributed by atoms with Crippen LogP contribution >= 0.6 is 0 Å². The summed E-state index contributed by atoms with van der Waals surface area (Å²) in [5.41, 5.74) is 2.95. The summed E-state index contributed by atoms with van der Waals surface area (Å²) in [5, 5.41) is 5.77. The molecule has 0 atom stereocenters. The van der Waals surface area contributed by atoms with Gasteiger partial charge in [-0.05, 0) is 49.6 Å². The van der Waals surface area contributed by atoms with Crippen molar-refractivity contribution in [3.63, 3.8) is 0 Å². The maximum absolute atomic E-state index is 13.4. The first kappa shape index (κ1) is 21.8. The van der Waals surface area contributed by atoms with Gasteiger partial charge in [-0.25, -0.2) is 9.97 Å². The Kier molecular flexibility index (Phi) is 5.61. The number of aromatic nitrogens is 3. The number of hydrogen-bond donors (Lipinski definition) is 2. The summed E-state index contributed by atoms with van der Waals surface area (Å²) in [6, 6.07) is 15.3. The lowest BCUT2D eigenvalue weighted by molar-refractivity contribution is -0.123. The van der Waals surface area contributed by atoms with Crippen LogP contribution in [0.25, 0.3) is 0 Å². The van der Waals surface area contributed by atoms with Gasteiger partial charge in [0.1, 0.15) is 6.33 Å². The summed E-state index contributed by atoms with van der Waals surface area (Å²) in [4.78, 5) is 42.5. The third-order valence-corrected chi connectivity index (χ3v) is 6.75. The fraction of sp³-hybridized carbons (Fsp3) is 0.320. The van der Waals surface area contributed by atoms with E-state index in [1.165, 1.54) is 6.33 Å². The minimum absolute atomic E-state index is 0.160. The highest BCUT2D eigenvalue weighted by Crippen LogP contribution is 2.48. The highest BCUT2D eigenvalue weighted by atomic mass is 16.2. The first-order chi connectivity index (χ1) is 16.6. The van der Waals surface area contributed by atoms with Gasteiger partial charge in [-0.3, -0.25) is 9.59 Å². The van der Waals surface area contributed by atoms with E-state index >= 15 is 0 Å². The van der Waals surface area contributed by atoms with E-state index in [4.69, 9.17) is 0 Å². The van der Waals surface area contributed by atoms with Crippen molar-refractivity contribution in [3.05, 3.63) is 66.0 Å². The number of amides is 2. The van der Waals surface area contributed by atoms with Gasteiger partial charge in [0.15, 0.2) is 0 Å². The molecule has 0 saturated carbocycles. The molecule has 2 aliphatic heterocycles. The van der Waals surface area contributed by atoms with Crippen LogP contribution in [0, 0.1) is 0 Å². The molecule has 9 nitrogen and oxygen atoms in total. The van der Waals surface area contributed by atoms with Crippen LogP contribution in [-0.2, 0) is 10.2 Å². The van der Waals surface area contributed by atoms with Gasteiger partial charge >= 0.3 is 0 Å². The van der Waals surface area contributed by atoms with Crippen molar-refractivity contribution in [1.29, 1.82) is 0 Å². The summed E-state index contributed by atoms with van der Waals surface area (Å²) in [6.07, 6.45) is 2.90. The monoisotopic (exact) mass is 457 g/mol. The van der Waals surface area contributed by atoms with Gasteiger partial charge in [0.25, 0.3) is 5.91 Å². The van der Waals surface area contributed by atoms with E-state index in [0.29, 0.717) is 55.6 Å². The Morgan fingerprint density at radius 1 is 1.09 bits per heavy atom. The second-order valence-corrected chi connectivity index (χ2v) is 8.53. The average molecular weight is 458 g/mol. The summed E-state index contributed by atoms with van der Waals surface area (Å²) in [6.45, 7) is 4.04. The lowest BCUT2D eigenvalue weighted by atomic mass is 9.73. The highest BCUT2D eigenvalue weighted by molar-refractivity contribution is 6.08. The van der Waals surface area contributed by atoms with Gasteiger partial charge in [-0.1, -0.05) is 24.3 Å². The molecule has 174 valence electrons. The van der Waals surface area contributed by atoms with Gasteiger partial charge in [0, 0.05) is 43.6 Å². The number of nitrogens with one attached hydrogen (secondary N) is 2. The summed E-state index contributed by atoms with van der Waals surface area (Å²) < 4.78 is 0. The van der Waals surface area contributed by atoms with E-state index in [2.05, 4.69) is 36.6 Å². The summed E-state index contributed by atoms with van der Waals surface area (Å²) in [7, 11) is 1.60. The molecule has 3 aromatic rings. The summed E-state index contributed by atoms with van der Waals surface area (Å²) >= 11 is 0. The predicted octanol–water partition coefficient (Wildman–Crippen LogP) is 2.88. The van der Waals surface area contributed by atoms with Gasteiger partial charge in [0.05, 0.1) is 5.41 Å². The van der Waals surface area contributed by atoms with Gasteiger partial charge in [-0.2, -0.15) is 4.98 Å². The molecular weight excluding hydrogens is 430 g/mol. The standard InChI is InChI=1S/C25H27N7O2/c1-3-32-20-10-5-4-9-19(20)25(22(32)34)11-13-31(14-12-25)24-28-16-27-23(30-24)29-18-8-6-7-17(15-18)21(33)26-2/h4-10,15-16H,3,11-14H2,1-2H3,(H,26,33)(H,27,28,29,30). The molecule has 1 fully saturated rings. The van der Waals surface area contributed by atoms with Gasteiger partial charge in [-0.15, -0.1) is 0 Å². The normalized spacial score (nSPS) is 16.5. The predicted molar refractivity (Wildman–Crippen MR) is 131 cm³/mol. The maximum atomic E-state index is 13.4. The number of nitrogens with zero attached hydrogens (tertiary/aromatic N) is 5. The Hall–Kier alpha value is -4.01. The molecule has 0 unspecified atom stereocenters. The van der Waals surface area contributed by atoms with Crippen LogP contribution in [0.15, 0.2) is 54.9 Å². The van der Waals surface area contributed by atoms with Crippen molar-refractivity contribution in [2.75, 3.05) is 41.8 Å². The Morgan fingerprint density at radius 3 is 2.65 bits per heavy atom. The number of para-hydroxylation sites is 1. The van der Waals surface area contributed by atoms with Crippen molar-refractivity contribution in [2.45, 2.75) is 25.2 Å². The van der Waals surface area contributed by atoms with E-state index in [1.807, 2.05) is 36.1 Å². The Balaban J connectivity index is 1.33. The Morgan fingerprint density at radius 2 is 1.88 bits per heavy atom. The van der Waals surface area contributed by atoms with Crippen molar-refractivity contribution >= 4 is 35.1 Å². The molecule has 2 N–H and O–H groups in total. The fourth-order valence-electron chi connectivity index (χ4n) is 4.99. The van der Waals surface area contributed by atoms with Crippen LogP contribution in [0.1, 0.15) is 35.7 Å². The molecule has 2 amide bonds. The molecule has 0 bridgehead atoms. The number of carbonyl (C=O) groups excluding carboxylic acids is 2. The molecule has 9 heteroatoms. The van der Waals surface area contributed by atoms with Crippen LogP contribution in [-0.4, -0.2) is 53.4 Å². The molecule has 0 aliphatic carbocycles. The molecule has 3 heterocycles. The van der Waals surface area contributed by atoms with E-state index < -0.39 is 5.41 Å². The van der Waals surface area contributed by atoms with Gasteiger partial charge in [0.2, 0.25) is 17.8 Å². The number of rotatable bonds is 5. The third kappa shape index (κ3) is 3.63. The quantitative estimate of drug-likeness (QED) is 0.607. The van der Waals surface area contributed by atoms with Crippen molar-refractivity contribution < 1.29 is 9.59 Å². The molecular formula is C25H27N7O2. The van der Waals surface area contributed by atoms with E-state index in [-0.39, 0.29) is 11.8 Å². The van der Waals surface area contributed by atoms with Crippen LogP contribution < -0.4 is 20.4 Å². The fourth-order valence-corrected chi connectivity index (χ4v) is 4.99. The number of likely N-dealkylation sites (N-methyl/N-ethyl adjacent to an activating group) is 1. The first-order valence-electron chi connectivity index (χ1n) is 11.5. The first-order valence-corrected chi connectivity index (χ1v) is 11.5. The number of fused-ring (bicyclic) bond motifs is 2. The van der Waals surface area contributed by atoms with Crippen LogP contribution in [0.5, 0.6) is 0 Å². The molecule has 5 rings (SSSR count). The molecule has 1 aromatic heterocycles. The highest BCUT2D eigenvalue weighted by Gasteiger charge is 2.51. The molecule has 2 aromatic carbocycles. The van der Waals surface area contributed by atoms with Gasteiger partial charge < -0.3 is 20.4 Å². The van der Waals surface area contributed by atoms with Crippen molar-refractivity contribution in [1.82, 2.24) is 20.3 Å². The SMILES string of the molecule is CCN1C(=O)C2(CCN(c3ncnc(Nc4cccc(C(=O)NC)c4)n3)CC2)c2ccccc21. The van der Waals surface area contributed by atoms with E-state index in [0.717, 1.165) is 11.3 Å². The molecule has 34 heavy (non-hydrogen) atoms. The van der Waals surface area contributed by atoms with Crippen molar-refractivity contribution in [3.8, 4) is 0 Å². The minimum atomic E-state index is -0.475. The zero-order chi connectivity index (χ0) is 23.7. The number of hydrogen-bond acceptors (Lipinski definition) is 7. The zero-order valence-electron chi connectivity index (χ0n) is 19.3. The number of carbonyl (C=O) groups is 2. The second kappa shape index (κ2) is 8.74. The number of benzene rings is 2. The van der Waals surface area contributed by atoms with E-state index in [9.17, 15) is 9.59 Å². The minimum Gasteiger partial charge on any atom is -0.355 e. The molecule has 1 spiro atoms. The van der Waals surface area contributed by atoms with Crippen LogP contribution in [0.4, 0.5) is 23.3 Å². The van der Waals surface area contributed by atoms with Crippen LogP contribution in [0.2, 0.25) is 0 Å². The zero-order valence-corrected chi connectivity index (χ0v) is 19.3. The Bertz CT molecular complexity index is 1240. The summed E-state index contributed by atoms with van der Waals surface area (Å²) in [5.74, 6) is 1.01. The molecule has 1 saturated heterocycles. The maximum Gasteiger partial charge on any atom is 0.251 e. The van der Waals surface area contributed by atoms with Crippen LogP contribution in [0.3, 0.4) is 0 Å².